The van der Waals surface area contributed by atoms with Gasteiger partial charge in [0.05, 0.1) is 0 Å². The molecular formula is C12H18ClNS. The summed E-state index contributed by atoms with van der Waals surface area (Å²) in [6.45, 7) is 8.29. The first-order chi connectivity index (χ1) is 7.13. The van der Waals surface area contributed by atoms with Crippen molar-refractivity contribution in [2.75, 3.05) is 6.54 Å². The van der Waals surface area contributed by atoms with Gasteiger partial charge in [0.25, 0.3) is 0 Å². The third-order valence-electron chi connectivity index (χ3n) is 1.96. The molecule has 0 unspecified atom stereocenters. The van der Waals surface area contributed by atoms with Crippen LogP contribution in [-0.2, 0) is 6.54 Å². The molecule has 1 N–H and O–H groups in total. The minimum atomic E-state index is 0.598. The van der Waals surface area contributed by atoms with Gasteiger partial charge >= 0.3 is 0 Å². The second-order valence-corrected chi connectivity index (χ2v) is 5.76. The van der Waals surface area contributed by atoms with Gasteiger partial charge in [-0.1, -0.05) is 38.4 Å². The summed E-state index contributed by atoms with van der Waals surface area (Å²) in [5, 5.41) is 4.73. The SMILES string of the molecule is CCNCc1ccc(SC(C)C)cc1Cl. The number of hydrogen-bond donors (Lipinski definition) is 1. The van der Waals surface area contributed by atoms with Crippen LogP contribution in [0.2, 0.25) is 5.02 Å². The maximum atomic E-state index is 6.20. The molecule has 0 atom stereocenters. The highest BCUT2D eigenvalue weighted by atomic mass is 35.5. The van der Waals surface area contributed by atoms with Crippen molar-refractivity contribution in [2.45, 2.75) is 37.5 Å². The molecule has 0 radical (unpaired) electrons. The molecule has 1 rings (SSSR count). The van der Waals surface area contributed by atoms with Crippen LogP contribution >= 0.6 is 23.4 Å². The molecule has 0 heterocycles. The molecule has 0 saturated heterocycles. The summed E-state index contributed by atoms with van der Waals surface area (Å²) in [6, 6.07) is 6.30. The number of nitrogens with one attached hydrogen (secondary N) is 1. The van der Waals surface area contributed by atoms with Crippen molar-refractivity contribution in [3.05, 3.63) is 28.8 Å². The fourth-order valence-corrected chi connectivity index (χ4v) is 2.47. The minimum absolute atomic E-state index is 0.598. The van der Waals surface area contributed by atoms with Gasteiger partial charge in [0, 0.05) is 21.7 Å². The molecule has 0 bridgehead atoms. The molecule has 0 aliphatic carbocycles. The van der Waals surface area contributed by atoms with Crippen LogP contribution in [-0.4, -0.2) is 11.8 Å². The molecule has 84 valence electrons. The maximum Gasteiger partial charge on any atom is 0.0462 e. The first-order valence-electron chi connectivity index (χ1n) is 5.29. The monoisotopic (exact) mass is 243 g/mol. The molecule has 1 nitrogen and oxygen atoms in total. The molecule has 1 aromatic rings. The van der Waals surface area contributed by atoms with E-state index in [4.69, 9.17) is 11.6 Å². The Morgan fingerprint density at radius 3 is 2.67 bits per heavy atom. The summed E-state index contributed by atoms with van der Waals surface area (Å²) < 4.78 is 0. The number of rotatable bonds is 5. The van der Waals surface area contributed by atoms with Crippen molar-refractivity contribution >= 4 is 23.4 Å². The van der Waals surface area contributed by atoms with E-state index in [2.05, 4.69) is 44.3 Å². The van der Waals surface area contributed by atoms with Gasteiger partial charge < -0.3 is 5.32 Å². The largest absolute Gasteiger partial charge is 0.313 e. The molecule has 0 saturated carbocycles. The van der Waals surface area contributed by atoms with E-state index in [1.54, 1.807) is 0 Å². The predicted molar refractivity (Wildman–Crippen MR) is 69.8 cm³/mol. The fraction of sp³-hybridized carbons (Fsp3) is 0.500. The van der Waals surface area contributed by atoms with Crippen molar-refractivity contribution in [3.8, 4) is 0 Å². The number of halogens is 1. The molecule has 15 heavy (non-hydrogen) atoms. The molecule has 0 amide bonds. The van der Waals surface area contributed by atoms with Crippen molar-refractivity contribution in [3.63, 3.8) is 0 Å². The van der Waals surface area contributed by atoms with Crippen LogP contribution in [0.4, 0.5) is 0 Å². The summed E-state index contributed by atoms with van der Waals surface area (Å²) in [5.41, 5.74) is 1.17. The highest BCUT2D eigenvalue weighted by molar-refractivity contribution is 7.99. The topological polar surface area (TPSA) is 12.0 Å². The summed E-state index contributed by atoms with van der Waals surface area (Å²) in [6.07, 6.45) is 0. The zero-order valence-electron chi connectivity index (χ0n) is 9.51. The third-order valence-corrected chi connectivity index (χ3v) is 3.31. The van der Waals surface area contributed by atoms with Crippen LogP contribution in [0, 0.1) is 0 Å². The van der Waals surface area contributed by atoms with Crippen LogP contribution in [0.15, 0.2) is 23.1 Å². The molecule has 3 heteroatoms. The van der Waals surface area contributed by atoms with E-state index >= 15 is 0 Å². The number of benzene rings is 1. The van der Waals surface area contributed by atoms with Crippen LogP contribution in [0.1, 0.15) is 26.3 Å². The van der Waals surface area contributed by atoms with Crippen LogP contribution in [0.25, 0.3) is 0 Å². The van der Waals surface area contributed by atoms with Gasteiger partial charge in [-0.3, -0.25) is 0 Å². The van der Waals surface area contributed by atoms with Crippen molar-refractivity contribution in [1.29, 1.82) is 0 Å². The van der Waals surface area contributed by atoms with Gasteiger partial charge in [0.1, 0.15) is 0 Å². The fourth-order valence-electron chi connectivity index (χ4n) is 1.28. The average molecular weight is 244 g/mol. The minimum Gasteiger partial charge on any atom is -0.313 e. The summed E-state index contributed by atoms with van der Waals surface area (Å²) in [7, 11) is 0. The molecular weight excluding hydrogens is 226 g/mol. The summed E-state index contributed by atoms with van der Waals surface area (Å²) in [4.78, 5) is 1.25. The van der Waals surface area contributed by atoms with E-state index in [0.29, 0.717) is 5.25 Å². The van der Waals surface area contributed by atoms with E-state index in [9.17, 15) is 0 Å². The van der Waals surface area contributed by atoms with E-state index in [1.165, 1.54) is 10.5 Å². The normalized spacial score (nSPS) is 11.0. The zero-order chi connectivity index (χ0) is 11.3. The first kappa shape index (κ1) is 12.9. The Morgan fingerprint density at radius 2 is 2.13 bits per heavy atom. The molecule has 0 aliphatic heterocycles. The van der Waals surface area contributed by atoms with Crippen LogP contribution in [0.3, 0.4) is 0 Å². The lowest BCUT2D eigenvalue weighted by atomic mass is 10.2. The van der Waals surface area contributed by atoms with Crippen molar-refractivity contribution in [1.82, 2.24) is 5.32 Å². The number of hydrogen-bond acceptors (Lipinski definition) is 2. The lowest BCUT2D eigenvalue weighted by Gasteiger charge is -2.09. The second kappa shape index (κ2) is 6.41. The standard InChI is InChI=1S/C12H18ClNS/c1-4-14-8-10-5-6-11(7-12(10)13)15-9(2)3/h5-7,9,14H,4,8H2,1-3H3. The Hall–Kier alpha value is -0.180. The third kappa shape index (κ3) is 4.45. The Kier molecular flexibility index (Phi) is 5.51. The van der Waals surface area contributed by atoms with Crippen molar-refractivity contribution < 1.29 is 0 Å². The Morgan fingerprint density at radius 1 is 1.40 bits per heavy atom. The van der Waals surface area contributed by atoms with E-state index in [1.807, 2.05) is 11.8 Å². The highest BCUT2D eigenvalue weighted by Gasteiger charge is 2.03. The smallest absolute Gasteiger partial charge is 0.0462 e. The maximum absolute atomic E-state index is 6.20. The Labute approximate surface area is 102 Å². The van der Waals surface area contributed by atoms with E-state index in [0.717, 1.165) is 18.1 Å². The Balaban J connectivity index is 2.69. The predicted octanol–water partition coefficient (Wildman–Crippen LogP) is 3.95. The van der Waals surface area contributed by atoms with Crippen molar-refractivity contribution in [2.24, 2.45) is 0 Å². The first-order valence-corrected chi connectivity index (χ1v) is 6.55. The zero-order valence-corrected chi connectivity index (χ0v) is 11.1. The highest BCUT2D eigenvalue weighted by Crippen LogP contribution is 2.27. The van der Waals surface area contributed by atoms with Gasteiger partial charge in [0.15, 0.2) is 0 Å². The lowest BCUT2D eigenvalue weighted by Crippen LogP contribution is -2.11. The van der Waals surface area contributed by atoms with Gasteiger partial charge in [-0.25, -0.2) is 0 Å². The van der Waals surface area contributed by atoms with Crippen LogP contribution in [0.5, 0.6) is 0 Å². The molecule has 0 spiro atoms. The van der Waals surface area contributed by atoms with Gasteiger partial charge in [-0.15, -0.1) is 11.8 Å². The van der Waals surface area contributed by atoms with Gasteiger partial charge in [0.2, 0.25) is 0 Å². The molecule has 0 aromatic heterocycles. The lowest BCUT2D eigenvalue weighted by molar-refractivity contribution is 0.726. The molecule has 0 fully saturated rings. The number of thioether (sulfide) groups is 1. The summed E-state index contributed by atoms with van der Waals surface area (Å²) >= 11 is 8.04. The average Bonchev–Trinajstić information content (AvgIpc) is 2.15. The van der Waals surface area contributed by atoms with Gasteiger partial charge in [-0.2, -0.15) is 0 Å². The van der Waals surface area contributed by atoms with E-state index < -0.39 is 0 Å². The van der Waals surface area contributed by atoms with Crippen LogP contribution < -0.4 is 5.32 Å². The second-order valence-electron chi connectivity index (χ2n) is 3.70. The quantitative estimate of drug-likeness (QED) is 0.786. The van der Waals surface area contributed by atoms with Gasteiger partial charge in [-0.05, 0) is 24.2 Å². The molecule has 1 aromatic carbocycles. The summed E-state index contributed by atoms with van der Waals surface area (Å²) in [5.74, 6) is 0. The van der Waals surface area contributed by atoms with E-state index in [-0.39, 0.29) is 0 Å². The Bertz CT molecular complexity index is 312. The molecule has 0 aliphatic rings.